The lowest BCUT2D eigenvalue weighted by Gasteiger charge is -2.25. The van der Waals surface area contributed by atoms with Crippen LogP contribution in [0.25, 0.3) is 5.76 Å². The summed E-state index contributed by atoms with van der Waals surface area (Å²) in [5.41, 5.74) is 4.37. The molecule has 1 atom stereocenters. The van der Waals surface area contributed by atoms with Crippen molar-refractivity contribution in [2.75, 3.05) is 12.0 Å². The van der Waals surface area contributed by atoms with Crippen LogP contribution in [0.1, 0.15) is 53.6 Å². The molecule has 1 aliphatic rings. The quantitative estimate of drug-likeness (QED) is 0.313. The van der Waals surface area contributed by atoms with Crippen molar-refractivity contribution < 1.29 is 19.4 Å². The maximum absolute atomic E-state index is 13.4. The maximum Gasteiger partial charge on any atom is 0.300 e. The second-order valence-electron chi connectivity index (χ2n) is 8.86. The minimum absolute atomic E-state index is 0.0440. The molecule has 1 aromatic heterocycles. The van der Waals surface area contributed by atoms with Crippen molar-refractivity contribution in [1.82, 2.24) is 4.98 Å². The summed E-state index contributed by atoms with van der Waals surface area (Å²) >= 11 is 0. The number of hydrogen-bond acceptors (Lipinski definition) is 5. The number of aryl methyl sites for hydroxylation is 2. The van der Waals surface area contributed by atoms with E-state index in [9.17, 15) is 14.7 Å². The molecule has 174 valence electrons. The number of ether oxygens (including phenoxy) is 1. The SMILES string of the molecule is COc1cc(C)c(/C(O)=C2\C(=O)C(=O)N(c3cccc(C)c3)C2c2cccnc2)cc1C(C)C. The Labute approximate surface area is 199 Å². The molecule has 1 saturated heterocycles. The number of rotatable bonds is 5. The molecule has 1 amide bonds. The average Bonchev–Trinajstić information content (AvgIpc) is 3.09. The number of aliphatic hydroxyl groups is 1. The Morgan fingerprint density at radius 3 is 2.47 bits per heavy atom. The van der Waals surface area contributed by atoms with E-state index in [-0.39, 0.29) is 17.3 Å². The number of aromatic nitrogens is 1. The Hall–Kier alpha value is -3.93. The molecule has 34 heavy (non-hydrogen) atoms. The van der Waals surface area contributed by atoms with Crippen LogP contribution in [-0.2, 0) is 9.59 Å². The number of ketones is 1. The van der Waals surface area contributed by atoms with Gasteiger partial charge in [-0.05, 0) is 72.4 Å². The zero-order valence-electron chi connectivity index (χ0n) is 20.0. The predicted octanol–water partition coefficient (Wildman–Crippen LogP) is 5.46. The van der Waals surface area contributed by atoms with Crippen LogP contribution in [0.15, 0.2) is 66.5 Å². The molecule has 6 heteroatoms. The van der Waals surface area contributed by atoms with E-state index in [1.807, 2.05) is 58.0 Å². The predicted molar refractivity (Wildman–Crippen MR) is 132 cm³/mol. The summed E-state index contributed by atoms with van der Waals surface area (Å²) in [7, 11) is 1.61. The van der Waals surface area contributed by atoms with Crippen molar-refractivity contribution in [3.8, 4) is 5.75 Å². The maximum atomic E-state index is 13.4. The normalized spacial score (nSPS) is 17.5. The highest BCUT2D eigenvalue weighted by Crippen LogP contribution is 2.43. The van der Waals surface area contributed by atoms with E-state index in [1.165, 1.54) is 4.90 Å². The van der Waals surface area contributed by atoms with E-state index in [2.05, 4.69) is 4.98 Å². The van der Waals surface area contributed by atoms with Gasteiger partial charge in [0, 0.05) is 23.6 Å². The molecule has 1 N–H and O–H groups in total. The number of benzene rings is 2. The molecule has 0 bridgehead atoms. The fourth-order valence-corrected chi connectivity index (χ4v) is 4.46. The summed E-state index contributed by atoms with van der Waals surface area (Å²) in [5.74, 6) is -0.770. The van der Waals surface area contributed by atoms with E-state index in [0.29, 0.717) is 22.6 Å². The van der Waals surface area contributed by atoms with Gasteiger partial charge in [-0.2, -0.15) is 0 Å². The first-order valence-corrected chi connectivity index (χ1v) is 11.2. The van der Waals surface area contributed by atoms with Crippen molar-refractivity contribution in [3.63, 3.8) is 0 Å². The molecule has 2 heterocycles. The second-order valence-corrected chi connectivity index (χ2v) is 8.86. The van der Waals surface area contributed by atoms with Gasteiger partial charge in [0.15, 0.2) is 0 Å². The topological polar surface area (TPSA) is 79.7 Å². The zero-order chi connectivity index (χ0) is 24.6. The minimum atomic E-state index is -0.806. The zero-order valence-corrected chi connectivity index (χ0v) is 20.0. The van der Waals surface area contributed by atoms with Gasteiger partial charge in [0.05, 0.1) is 18.7 Å². The molecule has 6 nitrogen and oxygen atoms in total. The number of pyridine rings is 1. The monoisotopic (exact) mass is 456 g/mol. The number of carbonyl (C=O) groups is 2. The number of methoxy groups -OCH3 is 1. The fourth-order valence-electron chi connectivity index (χ4n) is 4.46. The first-order chi connectivity index (χ1) is 16.2. The largest absolute Gasteiger partial charge is 0.507 e. The van der Waals surface area contributed by atoms with Gasteiger partial charge in [0.25, 0.3) is 11.7 Å². The van der Waals surface area contributed by atoms with E-state index in [4.69, 9.17) is 4.74 Å². The summed E-state index contributed by atoms with van der Waals surface area (Å²) in [5, 5.41) is 11.5. The Morgan fingerprint density at radius 2 is 1.85 bits per heavy atom. The van der Waals surface area contributed by atoms with Crippen LogP contribution in [0.4, 0.5) is 5.69 Å². The van der Waals surface area contributed by atoms with Gasteiger partial charge in [-0.25, -0.2) is 0 Å². The van der Waals surface area contributed by atoms with Gasteiger partial charge in [0.1, 0.15) is 11.5 Å². The standard InChI is InChI=1S/C28H28N2O4/c1-16(2)21-14-22(18(4)13-23(21)34-5)26(31)24-25(19-9-7-11-29-15-19)30(28(33)27(24)32)20-10-6-8-17(3)12-20/h6-16,25,31H,1-5H3/b26-24+. The van der Waals surface area contributed by atoms with E-state index in [1.54, 1.807) is 37.7 Å². The third-order valence-corrected chi connectivity index (χ3v) is 6.18. The molecule has 0 saturated carbocycles. The molecule has 1 fully saturated rings. The smallest absolute Gasteiger partial charge is 0.300 e. The van der Waals surface area contributed by atoms with Crippen LogP contribution in [0.5, 0.6) is 5.75 Å². The molecule has 1 aliphatic heterocycles. The van der Waals surface area contributed by atoms with Gasteiger partial charge in [-0.15, -0.1) is 0 Å². The summed E-state index contributed by atoms with van der Waals surface area (Å²) in [6.45, 7) is 7.83. The van der Waals surface area contributed by atoms with Gasteiger partial charge >= 0.3 is 0 Å². The minimum Gasteiger partial charge on any atom is -0.507 e. The van der Waals surface area contributed by atoms with E-state index >= 15 is 0 Å². The first-order valence-electron chi connectivity index (χ1n) is 11.2. The van der Waals surface area contributed by atoms with E-state index < -0.39 is 17.7 Å². The van der Waals surface area contributed by atoms with Crippen LogP contribution in [-0.4, -0.2) is 28.9 Å². The molecule has 3 aromatic rings. The van der Waals surface area contributed by atoms with Crippen molar-refractivity contribution in [2.24, 2.45) is 0 Å². The van der Waals surface area contributed by atoms with Gasteiger partial charge < -0.3 is 9.84 Å². The average molecular weight is 457 g/mol. The van der Waals surface area contributed by atoms with Gasteiger partial charge in [-0.1, -0.05) is 32.0 Å². The first kappa shape index (κ1) is 23.2. The Bertz CT molecular complexity index is 1300. The second kappa shape index (κ2) is 9.14. The van der Waals surface area contributed by atoms with Crippen LogP contribution >= 0.6 is 0 Å². The van der Waals surface area contributed by atoms with Crippen molar-refractivity contribution in [3.05, 3.63) is 94.3 Å². The number of amides is 1. The summed E-state index contributed by atoms with van der Waals surface area (Å²) in [6, 6.07) is 13.8. The highest BCUT2D eigenvalue weighted by molar-refractivity contribution is 6.51. The molecule has 0 radical (unpaired) electrons. The van der Waals surface area contributed by atoms with Crippen molar-refractivity contribution >= 4 is 23.1 Å². The van der Waals surface area contributed by atoms with Crippen molar-refractivity contribution in [2.45, 2.75) is 39.7 Å². The molecule has 0 spiro atoms. The number of aliphatic hydroxyl groups excluding tert-OH is 1. The van der Waals surface area contributed by atoms with Crippen molar-refractivity contribution in [1.29, 1.82) is 0 Å². The van der Waals surface area contributed by atoms with E-state index in [0.717, 1.165) is 16.7 Å². The molecule has 0 aliphatic carbocycles. The fraction of sp³-hybridized carbons (Fsp3) is 0.250. The number of carbonyl (C=O) groups excluding carboxylic acids is 2. The van der Waals surface area contributed by atoms with Crippen LogP contribution in [0, 0.1) is 13.8 Å². The molecule has 1 unspecified atom stereocenters. The third kappa shape index (κ3) is 3.96. The summed E-state index contributed by atoms with van der Waals surface area (Å²) < 4.78 is 5.53. The number of anilines is 1. The Kier molecular flexibility index (Phi) is 6.24. The van der Waals surface area contributed by atoms with Gasteiger partial charge in [0.2, 0.25) is 0 Å². The highest BCUT2D eigenvalue weighted by Gasteiger charge is 2.47. The van der Waals surface area contributed by atoms with Crippen LogP contribution in [0.2, 0.25) is 0 Å². The summed E-state index contributed by atoms with van der Waals surface area (Å²) in [6.07, 6.45) is 3.25. The lowest BCUT2D eigenvalue weighted by atomic mass is 9.91. The number of nitrogens with zero attached hydrogens (tertiary/aromatic N) is 2. The summed E-state index contributed by atoms with van der Waals surface area (Å²) in [4.78, 5) is 32.3. The number of Topliss-reactive ketones (excluding diaryl/α,β-unsaturated/α-hetero) is 1. The van der Waals surface area contributed by atoms with Crippen LogP contribution < -0.4 is 9.64 Å². The Morgan fingerprint density at radius 1 is 1.09 bits per heavy atom. The molecule has 4 rings (SSSR count). The molecule has 2 aromatic carbocycles. The third-order valence-electron chi connectivity index (χ3n) is 6.18. The molecular formula is C28H28N2O4. The Balaban J connectivity index is 1.98. The molecular weight excluding hydrogens is 428 g/mol. The van der Waals surface area contributed by atoms with Crippen LogP contribution in [0.3, 0.4) is 0 Å². The van der Waals surface area contributed by atoms with Gasteiger partial charge in [-0.3, -0.25) is 19.5 Å². The highest BCUT2D eigenvalue weighted by atomic mass is 16.5. The lowest BCUT2D eigenvalue weighted by molar-refractivity contribution is -0.132. The number of hydrogen-bond donors (Lipinski definition) is 1. The lowest BCUT2D eigenvalue weighted by Crippen LogP contribution is -2.29.